The SMILES string of the molecule is CCOc1c(Cl)cc(/C=C(/C#N)c2nc3ccccc3c(=O)[nH]2)cc1OC. The Kier molecular flexibility index (Phi) is 5.43. The van der Waals surface area contributed by atoms with Gasteiger partial charge in [0.25, 0.3) is 5.56 Å². The van der Waals surface area contributed by atoms with Crippen LogP contribution in [0.4, 0.5) is 0 Å². The highest BCUT2D eigenvalue weighted by molar-refractivity contribution is 6.32. The molecule has 7 heteroatoms. The van der Waals surface area contributed by atoms with Gasteiger partial charge in [0.15, 0.2) is 17.3 Å². The van der Waals surface area contributed by atoms with Gasteiger partial charge in [0.1, 0.15) is 6.07 Å². The monoisotopic (exact) mass is 381 g/mol. The molecule has 0 amide bonds. The molecule has 3 aromatic rings. The lowest BCUT2D eigenvalue weighted by Gasteiger charge is -2.12. The molecule has 0 spiro atoms. The number of aromatic amines is 1. The minimum Gasteiger partial charge on any atom is -0.493 e. The second-order valence-corrected chi connectivity index (χ2v) is 5.98. The average molecular weight is 382 g/mol. The maximum atomic E-state index is 12.3. The third-order valence-electron chi connectivity index (χ3n) is 3.84. The number of fused-ring (bicyclic) bond motifs is 1. The maximum absolute atomic E-state index is 12.3. The number of H-pyrrole nitrogens is 1. The molecule has 0 atom stereocenters. The van der Waals surface area contributed by atoms with Crippen LogP contribution in [0, 0.1) is 11.3 Å². The number of halogens is 1. The number of rotatable bonds is 5. The van der Waals surface area contributed by atoms with Crippen molar-refractivity contribution >= 4 is 34.2 Å². The van der Waals surface area contributed by atoms with Crippen LogP contribution in [0.2, 0.25) is 5.02 Å². The van der Waals surface area contributed by atoms with Crippen LogP contribution in [0.25, 0.3) is 22.6 Å². The first kappa shape index (κ1) is 18.5. The Morgan fingerprint density at radius 2 is 2.15 bits per heavy atom. The van der Waals surface area contributed by atoms with E-state index >= 15 is 0 Å². The second kappa shape index (κ2) is 7.94. The normalized spacial score (nSPS) is 11.3. The lowest BCUT2D eigenvalue weighted by molar-refractivity contribution is 0.311. The summed E-state index contributed by atoms with van der Waals surface area (Å²) < 4.78 is 10.8. The minimum atomic E-state index is -0.306. The quantitative estimate of drug-likeness (QED) is 0.673. The maximum Gasteiger partial charge on any atom is 0.259 e. The van der Waals surface area contributed by atoms with Crippen molar-refractivity contribution in [2.45, 2.75) is 6.92 Å². The zero-order valence-electron chi connectivity index (χ0n) is 14.7. The molecule has 1 heterocycles. The fourth-order valence-electron chi connectivity index (χ4n) is 2.64. The molecule has 0 saturated carbocycles. The van der Waals surface area contributed by atoms with Gasteiger partial charge < -0.3 is 14.5 Å². The van der Waals surface area contributed by atoms with E-state index in [0.717, 1.165) is 0 Å². The number of methoxy groups -OCH3 is 1. The third kappa shape index (κ3) is 3.78. The van der Waals surface area contributed by atoms with Crippen LogP contribution >= 0.6 is 11.6 Å². The Labute approximate surface area is 160 Å². The van der Waals surface area contributed by atoms with Crippen molar-refractivity contribution in [3.63, 3.8) is 0 Å². The molecule has 0 aliphatic carbocycles. The van der Waals surface area contributed by atoms with E-state index in [0.29, 0.717) is 39.6 Å². The van der Waals surface area contributed by atoms with Crippen molar-refractivity contribution < 1.29 is 9.47 Å². The summed E-state index contributed by atoms with van der Waals surface area (Å²) in [7, 11) is 1.51. The van der Waals surface area contributed by atoms with Crippen LogP contribution < -0.4 is 15.0 Å². The molecule has 0 saturated heterocycles. The molecule has 3 rings (SSSR count). The number of hydrogen-bond acceptors (Lipinski definition) is 5. The van der Waals surface area contributed by atoms with Crippen LogP contribution in [0.15, 0.2) is 41.2 Å². The molecule has 27 heavy (non-hydrogen) atoms. The van der Waals surface area contributed by atoms with E-state index in [1.807, 2.05) is 6.92 Å². The number of para-hydroxylation sites is 1. The van der Waals surface area contributed by atoms with Gasteiger partial charge in [-0.1, -0.05) is 23.7 Å². The number of allylic oxidation sites excluding steroid dienone is 1. The summed E-state index contributed by atoms with van der Waals surface area (Å²) in [5, 5.41) is 10.4. The minimum absolute atomic E-state index is 0.185. The summed E-state index contributed by atoms with van der Waals surface area (Å²) in [6.45, 7) is 2.29. The highest BCUT2D eigenvalue weighted by Crippen LogP contribution is 2.37. The van der Waals surface area contributed by atoms with E-state index < -0.39 is 0 Å². The van der Waals surface area contributed by atoms with E-state index in [9.17, 15) is 10.1 Å². The zero-order chi connectivity index (χ0) is 19.4. The summed E-state index contributed by atoms with van der Waals surface area (Å²) in [4.78, 5) is 19.3. The van der Waals surface area contributed by atoms with E-state index in [2.05, 4.69) is 16.0 Å². The summed E-state index contributed by atoms with van der Waals surface area (Å²) in [6, 6.07) is 12.4. The molecule has 136 valence electrons. The Balaban J connectivity index is 2.11. The number of hydrogen-bond donors (Lipinski definition) is 1. The van der Waals surface area contributed by atoms with Gasteiger partial charge in [-0.2, -0.15) is 5.26 Å². The first-order valence-electron chi connectivity index (χ1n) is 8.19. The van der Waals surface area contributed by atoms with Gasteiger partial charge in [-0.25, -0.2) is 4.98 Å². The van der Waals surface area contributed by atoms with Gasteiger partial charge in [0, 0.05) is 0 Å². The summed E-state index contributed by atoms with van der Waals surface area (Å²) in [5.74, 6) is 1.08. The lowest BCUT2D eigenvalue weighted by Crippen LogP contribution is -2.11. The molecular weight excluding hydrogens is 366 g/mol. The molecule has 0 aliphatic rings. The molecule has 0 bridgehead atoms. The summed E-state index contributed by atoms with van der Waals surface area (Å²) in [6.07, 6.45) is 1.58. The van der Waals surface area contributed by atoms with Crippen molar-refractivity contribution in [1.82, 2.24) is 9.97 Å². The smallest absolute Gasteiger partial charge is 0.259 e. The highest BCUT2D eigenvalue weighted by Gasteiger charge is 2.13. The van der Waals surface area contributed by atoms with Gasteiger partial charge in [-0.05, 0) is 42.8 Å². The van der Waals surface area contributed by atoms with Crippen LogP contribution in [0.1, 0.15) is 18.3 Å². The van der Waals surface area contributed by atoms with E-state index in [1.165, 1.54) is 7.11 Å². The Morgan fingerprint density at radius 1 is 1.37 bits per heavy atom. The number of aromatic nitrogens is 2. The molecule has 0 unspecified atom stereocenters. The van der Waals surface area contributed by atoms with Gasteiger partial charge in [0.05, 0.1) is 35.2 Å². The molecule has 1 aromatic heterocycles. The number of ether oxygens (including phenoxy) is 2. The third-order valence-corrected chi connectivity index (χ3v) is 4.12. The predicted molar refractivity (Wildman–Crippen MR) is 105 cm³/mol. The summed E-state index contributed by atoms with van der Waals surface area (Å²) >= 11 is 6.28. The van der Waals surface area contributed by atoms with Crippen molar-refractivity contribution in [3.05, 3.63) is 63.2 Å². The number of benzene rings is 2. The van der Waals surface area contributed by atoms with Crippen LogP contribution in [0.5, 0.6) is 11.5 Å². The topological polar surface area (TPSA) is 88.0 Å². The van der Waals surface area contributed by atoms with Crippen molar-refractivity contribution in [2.24, 2.45) is 0 Å². The Hall–Kier alpha value is -3.30. The van der Waals surface area contributed by atoms with Crippen molar-refractivity contribution in [3.8, 4) is 17.6 Å². The standard InChI is InChI=1S/C20H16ClN3O3/c1-3-27-18-15(21)9-12(10-17(18)26-2)8-13(11-22)19-23-16-7-5-4-6-14(16)20(25)24-19/h4-10H,3H2,1-2H3,(H,23,24,25)/b13-8-. The predicted octanol–water partition coefficient (Wildman–Crippen LogP) is 4.05. The highest BCUT2D eigenvalue weighted by atomic mass is 35.5. The molecule has 1 N–H and O–H groups in total. The zero-order valence-corrected chi connectivity index (χ0v) is 15.5. The number of nitrogens with zero attached hydrogens (tertiary/aromatic N) is 2. The van der Waals surface area contributed by atoms with Gasteiger partial charge in [-0.15, -0.1) is 0 Å². The van der Waals surface area contributed by atoms with Crippen molar-refractivity contribution in [2.75, 3.05) is 13.7 Å². The molecule has 0 fully saturated rings. The molecule has 0 radical (unpaired) electrons. The first-order chi connectivity index (χ1) is 13.1. The second-order valence-electron chi connectivity index (χ2n) is 5.57. The fourth-order valence-corrected chi connectivity index (χ4v) is 2.92. The van der Waals surface area contributed by atoms with Gasteiger partial charge in [-0.3, -0.25) is 4.79 Å². The van der Waals surface area contributed by atoms with E-state index in [1.54, 1.807) is 42.5 Å². The lowest BCUT2D eigenvalue weighted by atomic mass is 10.1. The number of nitriles is 1. The fraction of sp³-hybridized carbons (Fsp3) is 0.150. The van der Waals surface area contributed by atoms with E-state index in [-0.39, 0.29) is 17.0 Å². The number of nitrogens with one attached hydrogen (secondary N) is 1. The van der Waals surface area contributed by atoms with Gasteiger partial charge in [0.2, 0.25) is 0 Å². The first-order valence-corrected chi connectivity index (χ1v) is 8.56. The Morgan fingerprint density at radius 3 is 2.85 bits per heavy atom. The van der Waals surface area contributed by atoms with Gasteiger partial charge >= 0.3 is 0 Å². The molecule has 0 aliphatic heterocycles. The van der Waals surface area contributed by atoms with E-state index in [4.69, 9.17) is 21.1 Å². The van der Waals surface area contributed by atoms with Crippen LogP contribution in [-0.4, -0.2) is 23.7 Å². The largest absolute Gasteiger partial charge is 0.493 e. The van der Waals surface area contributed by atoms with Crippen LogP contribution in [-0.2, 0) is 0 Å². The summed E-state index contributed by atoms with van der Waals surface area (Å²) in [5.41, 5.74) is 1.02. The average Bonchev–Trinajstić information content (AvgIpc) is 2.67. The Bertz CT molecular complexity index is 1130. The molecular formula is C20H16ClN3O3. The molecule has 6 nitrogen and oxygen atoms in total. The molecule has 2 aromatic carbocycles. The van der Waals surface area contributed by atoms with Crippen molar-refractivity contribution in [1.29, 1.82) is 5.26 Å². The van der Waals surface area contributed by atoms with Crippen LogP contribution in [0.3, 0.4) is 0 Å².